The van der Waals surface area contributed by atoms with Gasteiger partial charge < -0.3 is 19.5 Å². The molecule has 2 heterocycles. The molecule has 0 spiro atoms. The van der Waals surface area contributed by atoms with E-state index >= 15 is 0 Å². The van der Waals surface area contributed by atoms with Crippen LogP contribution in [0.25, 0.3) is 0 Å². The topological polar surface area (TPSA) is 59.0 Å². The quantitative estimate of drug-likeness (QED) is 0.892. The number of likely N-dealkylation sites (tertiary alicyclic amines) is 1. The van der Waals surface area contributed by atoms with Crippen molar-refractivity contribution in [3.8, 4) is 5.75 Å². The fourth-order valence-corrected chi connectivity index (χ4v) is 3.92. The molecule has 0 unspecified atom stereocenters. The van der Waals surface area contributed by atoms with Gasteiger partial charge >= 0.3 is 0 Å². The molecule has 2 aliphatic rings. The lowest BCUT2D eigenvalue weighted by molar-refractivity contribution is -0.130. The summed E-state index contributed by atoms with van der Waals surface area (Å²) in [5, 5.41) is 9.84. The van der Waals surface area contributed by atoms with Gasteiger partial charge in [0.1, 0.15) is 5.75 Å². The van der Waals surface area contributed by atoms with Crippen LogP contribution in [0.1, 0.15) is 24.0 Å². The first-order valence-corrected chi connectivity index (χ1v) is 8.68. The third-order valence-corrected chi connectivity index (χ3v) is 5.64. The summed E-state index contributed by atoms with van der Waals surface area (Å²) in [5.74, 6) is 1.29. The lowest BCUT2D eigenvalue weighted by Gasteiger charge is -2.36. The molecule has 1 N–H and O–H groups in total. The van der Waals surface area contributed by atoms with E-state index in [-0.39, 0.29) is 23.8 Å². The average molecular weight is 333 g/mol. The van der Waals surface area contributed by atoms with Crippen LogP contribution in [-0.2, 0) is 16.0 Å². The molecule has 0 aromatic heterocycles. The number of carbonyl (C=O) groups excluding carboxylic acids is 1. The Morgan fingerprint density at radius 3 is 3.04 bits per heavy atom. The molecule has 3 rings (SSSR count). The second-order valence-electron chi connectivity index (χ2n) is 7.12. The van der Waals surface area contributed by atoms with E-state index in [0.717, 1.165) is 23.3 Å². The highest BCUT2D eigenvalue weighted by Gasteiger charge is 2.48. The van der Waals surface area contributed by atoms with Crippen molar-refractivity contribution < 1.29 is 19.4 Å². The Morgan fingerprint density at radius 1 is 1.50 bits per heavy atom. The summed E-state index contributed by atoms with van der Waals surface area (Å²) in [4.78, 5) is 14.5. The number of aryl methyl sites for hydroxylation is 2. The Labute approximate surface area is 143 Å². The van der Waals surface area contributed by atoms with Crippen molar-refractivity contribution in [2.45, 2.75) is 26.2 Å². The van der Waals surface area contributed by atoms with E-state index in [1.807, 2.05) is 24.0 Å². The zero-order valence-electron chi connectivity index (χ0n) is 14.6. The molecule has 0 bridgehead atoms. The van der Waals surface area contributed by atoms with E-state index in [4.69, 9.17) is 9.47 Å². The molecule has 132 valence electrons. The standard InChI is InChI=1S/C19H27NO4/c1-14-3-4-15(9-17(14)23-2)5-6-18(22)20-10-16-11-24-8-7-19(16,12-20)13-21/h3-4,9,16,21H,5-8,10-13H2,1-2H3/t16-,19-/m1/s1. The maximum atomic E-state index is 12.6. The summed E-state index contributed by atoms with van der Waals surface area (Å²) >= 11 is 0. The van der Waals surface area contributed by atoms with Crippen molar-refractivity contribution in [1.82, 2.24) is 4.90 Å². The molecular formula is C19H27NO4. The number of carbonyl (C=O) groups is 1. The molecule has 2 atom stereocenters. The first kappa shape index (κ1) is 17.2. The first-order chi connectivity index (χ1) is 11.6. The monoisotopic (exact) mass is 333 g/mol. The lowest BCUT2D eigenvalue weighted by Crippen LogP contribution is -2.41. The number of aliphatic hydroxyl groups excluding tert-OH is 1. The van der Waals surface area contributed by atoms with Crippen molar-refractivity contribution in [1.29, 1.82) is 0 Å². The number of fused-ring (bicyclic) bond motifs is 1. The Morgan fingerprint density at radius 2 is 2.33 bits per heavy atom. The van der Waals surface area contributed by atoms with Gasteiger partial charge in [-0.2, -0.15) is 0 Å². The summed E-state index contributed by atoms with van der Waals surface area (Å²) in [6, 6.07) is 6.09. The zero-order valence-corrected chi connectivity index (χ0v) is 14.6. The molecule has 5 heteroatoms. The van der Waals surface area contributed by atoms with E-state index in [1.54, 1.807) is 7.11 Å². The van der Waals surface area contributed by atoms with E-state index in [0.29, 0.717) is 39.1 Å². The van der Waals surface area contributed by atoms with E-state index in [9.17, 15) is 9.90 Å². The van der Waals surface area contributed by atoms with Gasteiger partial charge in [0.15, 0.2) is 0 Å². The van der Waals surface area contributed by atoms with Crippen LogP contribution in [0.4, 0.5) is 0 Å². The molecule has 0 radical (unpaired) electrons. The van der Waals surface area contributed by atoms with Gasteiger partial charge in [0.05, 0.1) is 20.3 Å². The number of rotatable bonds is 5. The van der Waals surface area contributed by atoms with Gasteiger partial charge in [0.25, 0.3) is 0 Å². The molecule has 1 aromatic rings. The van der Waals surface area contributed by atoms with E-state index in [1.165, 1.54) is 0 Å². The van der Waals surface area contributed by atoms with Crippen molar-refractivity contribution >= 4 is 5.91 Å². The number of benzene rings is 1. The van der Waals surface area contributed by atoms with Crippen molar-refractivity contribution in [3.05, 3.63) is 29.3 Å². The first-order valence-electron chi connectivity index (χ1n) is 8.68. The molecule has 2 fully saturated rings. The lowest BCUT2D eigenvalue weighted by atomic mass is 9.75. The molecule has 24 heavy (non-hydrogen) atoms. The second-order valence-corrected chi connectivity index (χ2v) is 7.12. The summed E-state index contributed by atoms with van der Waals surface area (Å²) in [6.07, 6.45) is 2.04. The Balaban J connectivity index is 1.60. The van der Waals surface area contributed by atoms with Crippen molar-refractivity contribution in [2.75, 3.05) is 40.0 Å². The van der Waals surface area contributed by atoms with Crippen LogP contribution in [0.15, 0.2) is 18.2 Å². The fraction of sp³-hybridized carbons (Fsp3) is 0.632. The molecule has 2 aliphatic heterocycles. The van der Waals surface area contributed by atoms with Crippen LogP contribution in [0.5, 0.6) is 5.75 Å². The minimum absolute atomic E-state index is 0.139. The van der Waals surface area contributed by atoms with Gasteiger partial charge in [-0.3, -0.25) is 4.79 Å². The third-order valence-electron chi connectivity index (χ3n) is 5.64. The third kappa shape index (κ3) is 3.28. The van der Waals surface area contributed by atoms with Crippen LogP contribution in [0, 0.1) is 18.3 Å². The Bertz CT molecular complexity index is 603. The SMILES string of the molecule is COc1cc(CCC(=O)N2C[C@@H]3COCC[C@]3(CO)C2)ccc1C. The number of nitrogens with zero attached hydrogens (tertiary/aromatic N) is 1. The van der Waals surface area contributed by atoms with Gasteiger partial charge in [-0.25, -0.2) is 0 Å². The summed E-state index contributed by atoms with van der Waals surface area (Å²) in [5.41, 5.74) is 2.06. The van der Waals surface area contributed by atoms with Crippen molar-refractivity contribution in [3.63, 3.8) is 0 Å². The maximum Gasteiger partial charge on any atom is 0.222 e. The fourth-order valence-electron chi connectivity index (χ4n) is 3.92. The molecule has 0 saturated carbocycles. The Kier molecular flexibility index (Phi) is 5.11. The highest BCUT2D eigenvalue weighted by molar-refractivity contribution is 5.77. The normalized spacial score (nSPS) is 26.3. The van der Waals surface area contributed by atoms with Crippen LogP contribution in [-0.4, -0.2) is 55.9 Å². The van der Waals surface area contributed by atoms with Crippen LogP contribution in [0.2, 0.25) is 0 Å². The van der Waals surface area contributed by atoms with Gasteiger partial charge in [-0.1, -0.05) is 12.1 Å². The number of methoxy groups -OCH3 is 1. The molecule has 1 amide bonds. The minimum atomic E-state index is -0.152. The molecule has 2 saturated heterocycles. The molecule has 5 nitrogen and oxygen atoms in total. The molecule has 1 aromatic carbocycles. The highest BCUT2D eigenvalue weighted by Crippen LogP contribution is 2.41. The summed E-state index contributed by atoms with van der Waals surface area (Å²) < 4.78 is 10.9. The van der Waals surface area contributed by atoms with Crippen LogP contribution >= 0.6 is 0 Å². The second kappa shape index (κ2) is 7.11. The number of aliphatic hydroxyl groups is 1. The number of ether oxygens (including phenoxy) is 2. The predicted octanol–water partition coefficient (Wildman–Crippen LogP) is 1.79. The summed E-state index contributed by atoms with van der Waals surface area (Å²) in [6.45, 7) is 4.85. The van der Waals surface area contributed by atoms with Gasteiger partial charge in [-0.15, -0.1) is 0 Å². The average Bonchev–Trinajstić information content (AvgIpc) is 3.01. The molecular weight excluding hydrogens is 306 g/mol. The largest absolute Gasteiger partial charge is 0.496 e. The Hall–Kier alpha value is -1.59. The van der Waals surface area contributed by atoms with Crippen molar-refractivity contribution in [2.24, 2.45) is 11.3 Å². The molecule has 0 aliphatic carbocycles. The zero-order chi connectivity index (χ0) is 17.2. The smallest absolute Gasteiger partial charge is 0.222 e. The van der Waals surface area contributed by atoms with Gasteiger partial charge in [0, 0.05) is 37.5 Å². The maximum absolute atomic E-state index is 12.6. The van der Waals surface area contributed by atoms with E-state index < -0.39 is 0 Å². The van der Waals surface area contributed by atoms with Gasteiger partial charge in [0.2, 0.25) is 5.91 Å². The van der Waals surface area contributed by atoms with Gasteiger partial charge in [-0.05, 0) is 37.0 Å². The van der Waals surface area contributed by atoms with Crippen LogP contribution in [0.3, 0.4) is 0 Å². The predicted molar refractivity (Wildman–Crippen MR) is 91.1 cm³/mol. The summed E-state index contributed by atoms with van der Waals surface area (Å²) in [7, 11) is 1.67. The number of amides is 1. The number of hydrogen-bond acceptors (Lipinski definition) is 4. The van der Waals surface area contributed by atoms with E-state index in [2.05, 4.69) is 6.07 Å². The van der Waals surface area contributed by atoms with Crippen LogP contribution < -0.4 is 4.74 Å². The highest BCUT2D eigenvalue weighted by atomic mass is 16.5. The minimum Gasteiger partial charge on any atom is -0.496 e. The number of hydrogen-bond donors (Lipinski definition) is 1.